The molecule has 0 atom stereocenters. The highest BCUT2D eigenvalue weighted by atomic mass is 15.1. The Balaban J connectivity index is 1.00. The Labute approximate surface area is 355 Å². The molecule has 0 spiro atoms. The van der Waals surface area contributed by atoms with Gasteiger partial charge in [-0.2, -0.15) is 0 Å². The fourth-order valence-electron chi connectivity index (χ4n) is 10.1. The minimum atomic E-state index is -0.412. The molecule has 1 aliphatic rings. The third kappa shape index (κ3) is 5.50. The maximum Gasteiger partial charge on any atom is 0.0713 e. The molecule has 0 unspecified atom stereocenters. The Morgan fingerprint density at radius 3 is 1.66 bits per heavy atom. The monoisotopic (exact) mass is 776 g/mol. The Hall–Kier alpha value is -7.94. The van der Waals surface area contributed by atoms with E-state index in [0.717, 1.165) is 22.7 Å². The topological polar surface area (TPSA) is 8.17 Å². The fraction of sp³-hybridized carbons (Fsp3) is 0.0169. The summed E-state index contributed by atoms with van der Waals surface area (Å²) in [5.74, 6) is 0. The molecule has 0 saturated carbocycles. The van der Waals surface area contributed by atoms with Crippen molar-refractivity contribution in [2.24, 2.45) is 0 Å². The van der Waals surface area contributed by atoms with Crippen LogP contribution in [0.4, 0.5) is 17.1 Å². The van der Waals surface area contributed by atoms with Gasteiger partial charge in [0.05, 0.1) is 16.4 Å². The van der Waals surface area contributed by atoms with Crippen LogP contribution in [0.5, 0.6) is 0 Å². The Morgan fingerprint density at radius 2 is 0.885 bits per heavy atom. The third-order valence-corrected chi connectivity index (χ3v) is 12.8. The lowest BCUT2D eigenvalue weighted by Gasteiger charge is -2.33. The van der Waals surface area contributed by atoms with Crippen LogP contribution in [-0.4, -0.2) is 4.57 Å². The highest BCUT2D eigenvalue weighted by Gasteiger charge is 2.45. The molecule has 0 saturated heterocycles. The van der Waals surface area contributed by atoms with E-state index in [1.54, 1.807) is 0 Å². The Morgan fingerprint density at radius 1 is 0.328 bits per heavy atom. The Kier molecular flexibility index (Phi) is 8.11. The minimum absolute atomic E-state index is 0.412. The first-order chi connectivity index (χ1) is 30.3. The molecule has 12 rings (SSSR count). The van der Waals surface area contributed by atoms with E-state index in [9.17, 15) is 0 Å². The molecule has 2 nitrogen and oxygen atoms in total. The van der Waals surface area contributed by atoms with Gasteiger partial charge in [0.25, 0.3) is 0 Å². The van der Waals surface area contributed by atoms with E-state index in [-0.39, 0.29) is 0 Å². The van der Waals surface area contributed by atoms with Gasteiger partial charge < -0.3 is 9.47 Å². The van der Waals surface area contributed by atoms with Crippen molar-refractivity contribution >= 4 is 49.6 Å². The largest absolute Gasteiger partial charge is 0.310 e. The van der Waals surface area contributed by atoms with Gasteiger partial charge in [-0.05, 0) is 116 Å². The molecule has 286 valence electrons. The first-order valence-electron chi connectivity index (χ1n) is 21.1. The summed E-state index contributed by atoms with van der Waals surface area (Å²) in [6, 6.07) is 89.0. The van der Waals surface area contributed by atoms with Crippen LogP contribution in [0.2, 0.25) is 0 Å². The second-order valence-electron chi connectivity index (χ2n) is 16.1. The third-order valence-electron chi connectivity index (χ3n) is 12.8. The molecule has 0 bridgehead atoms. The van der Waals surface area contributed by atoms with E-state index in [0.29, 0.717) is 0 Å². The smallest absolute Gasteiger partial charge is 0.0713 e. The maximum absolute atomic E-state index is 2.41. The predicted molar refractivity (Wildman–Crippen MR) is 256 cm³/mol. The number of hydrogen-bond acceptors (Lipinski definition) is 1. The van der Waals surface area contributed by atoms with Gasteiger partial charge in [-0.3, -0.25) is 0 Å². The van der Waals surface area contributed by atoms with Crippen molar-refractivity contribution < 1.29 is 0 Å². The number of hydrogen-bond donors (Lipinski definition) is 0. The van der Waals surface area contributed by atoms with Gasteiger partial charge in [0.1, 0.15) is 0 Å². The van der Waals surface area contributed by atoms with Gasteiger partial charge in [-0.15, -0.1) is 0 Å². The first-order valence-corrected chi connectivity index (χ1v) is 21.1. The van der Waals surface area contributed by atoms with Crippen molar-refractivity contribution in [2.75, 3.05) is 4.90 Å². The zero-order valence-corrected chi connectivity index (χ0v) is 33.5. The summed E-state index contributed by atoms with van der Waals surface area (Å²) < 4.78 is 2.39. The molecule has 1 aromatic heterocycles. The number of nitrogens with zero attached hydrogens (tertiary/aromatic N) is 2. The summed E-state index contributed by atoms with van der Waals surface area (Å²) in [5, 5.41) is 4.92. The summed E-state index contributed by atoms with van der Waals surface area (Å²) in [6.45, 7) is 0. The molecular weight excluding hydrogens is 737 g/mol. The van der Waals surface area contributed by atoms with Crippen molar-refractivity contribution in [2.45, 2.75) is 5.41 Å². The van der Waals surface area contributed by atoms with Gasteiger partial charge >= 0.3 is 0 Å². The molecule has 1 aliphatic carbocycles. The number of fused-ring (bicyclic) bond motifs is 7. The van der Waals surface area contributed by atoms with Crippen LogP contribution >= 0.6 is 0 Å². The molecule has 0 N–H and O–H groups in total. The normalized spacial score (nSPS) is 12.7. The lowest BCUT2D eigenvalue weighted by atomic mass is 9.67. The van der Waals surface area contributed by atoms with Gasteiger partial charge in [0.15, 0.2) is 0 Å². The van der Waals surface area contributed by atoms with E-state index in [2.05, 4.69) is 252 Å². The van der Waals surface area contributed by atoms with Gasteiger partial charge in [-0.25, -0.2) is 0 Å². The maximum atomic E-state index is 2.41. The highest BCUT2D eigenvalue weighted by Crippen LogP contribution is 2.56. The lowest BCUT2D eigenvalue weighted by Crippen LogP contribution is -2.28. The van der Waals surface area contributed by atoms with E-state index < -0.39 is 5.41 Å². The van der Waals surface area contributed by atoms with Crippen LogP contribution in [0.3, 0.4) is 0 Å². The summed E-state index contributed by atoms with van der Waals surface area (Å²) in [6.07, 6.45) is 0. The fourth-order valence-corrected chi connectivity index (χ4v) is 10.1. The van der Waals surface area contributed by atoms with E-state index >= 15 is 0 Å². The van der Waals surface area contributed by atoms with Gasteiger partial charge in [0.2, 0.25) is 0 Å². The summed E-state index contributed by atoms with van der Waals surface area (Å²) in [5.41, 5.74) is 16.6. The van der Waals surface area contributed by atoms with Crippen molar-refractivity contribution in [3.8, 4) is 27.9 Å². The zero-order chi connectivity index (χ0) is 40.3. The second kappa shape index (κ2) is 14.1. The lowest BCUT2D eigenvalue weighted by molar-refractivity contribution is 0.768. The van der Waals surface area contributed by atoms with Crippen LogP contribution in [0.25, 0.3) is 60.5 Å². The molecule has 0 aliphatic heterocycles. The van der Waals surface area contributed by atoms with E-state index in [1.165, 1.54) is 77.1 Å². The van der Waals surface area contributed by atoms with Gasteiger partial charge in [-0.1, -0.05) is 182 Å². The number of anilines is 3. The highest BCUT2D eigenvalue weighted by molar-refractivity contribution is 6.10. The van der Waals surface area contributed by atoms with Crippen LogP contribution in [-0.2, 0) is 5.41 Å². The molecule has 10 aromatic carbocycles. The van der Waals surface area contributed by atoms with Crippen molar-refractivity contribution in [1.82, 2.24) is 4.57 Å². The summed E-state index contributed by atoms with van der Waals surface area (Å²) in [4.78, 5) is 2.40. The van der Waals surface area contributed by atoms with Crippen LogP contribution in [0, 0.1) is 0 Å². The average Bonchev–Trinajstić information content (AvgIpc) is 3.83. The number of rotatable bonds is 7. The molecular formula is C59H40N2. The quantitative estimate of drug-likeness (QED) is 0.156. The van der Waals surface area contributed by atoms with Crippen LogP contribution in [0.15, 0.2) is 243 Å². The average molecular weight is 777 g/mol. The van der Waals surface area contributed by atoms with E-state index in [4.69, 9.17) is 0 Å². The standard InChI is InChI=1S/C59H40N2/c1-4-18-45(19-5-1)59(46-20-6-2-7-21-46)55-26-14-12-24-51(55)54-39-44(31-37-56(54)59)42-28-32-48(33-29-42)60(49-34-30-41-16-10-11-17-43(41)38-49)50-35-36-53-52-25-13-15-27-57(52)61(58(53)40-50)47-22-8-3-9-23-47/h1-40H. The molecule has 0 radical (unpaired) electrons. The van der Waals surface area contributed by atoms with Crippen molar-refractivity contribution in [1.29, 1.82) is 0 Å². The number of benzene rings is 10. The zero-order valence-electron chi connectivity index (χ0n) is 33.5. The number of aromatic nitrogens is 1. The van der Waals surface area contributed by atoms with Crippen molar-refractivity contribution in [3.63, 3.8) is 0 Å². The molecule has 0 fully saturated rings. The second-order valence-corrected chi connectivity index (χ2v) is 16.1. The van der Waals surface area contributed by atoms with Crippen molar-refractivity contribution in [3.05, 3.63) is 265 Å². The number of para-hydroxylation sites is 2. The molecule has 2 heteroatoms. The SMILES string of the molecule is c1ccc(-n2c3ccccc3c3ccc(N(c4ccc(-c5ccc6c(c5)-c5ccccc5C6(c5ccccc5)c5ccccc5)cc4)c4ccc5ccccc5c4)cc32)cc1. The molecule has 0 amide bonds. The summed E-state index contributed by atoms with van der Waals surface area (Å²) >= 11 is 0. The molecule has 11 aromatic rings. The Bertz CT molecular complexity index is 3360. The molecule has 61 heavy (non-hydrogen) atoms. The van der Waals surface area contributed by atoms with Crippen LogP contribution in [0.1, 0.15) is 22.3 Å². The van der Waals surface area contributed by atoms with Gasteiger partial charge in [0, 0.05) is 33.5 Å². The first kappa shape index (κ1) is 35.0. The molecule has 1 heterocycles. The predicted octanol–water partition coefficient (Wildman–Crippen LogP) is 15.4. The minimum Gasteiger partial charge on any atom is -0.310 e. The summed E-state index contributed by atoms with van der Waals surface area (Å²) in [7, 11) is 0. The van der Waals surface area contributed by atoms with E-state index in [1.807, 2.05) is 0 Å². The van der Waals surface area contributed by atoms with Crippen LogP contribution < -0.4 is 4.90 Å².